The lowest BCUT2D eigenvalue weighted by Gasteiger charge is -1.97. The molecule has 68 valence electrons. The maximum Gasteiger partial charge on any atom is 0.141 e. The average Bonchev–Trinajstić information content (AvgIpc) is 2.67. The van der Waals surface area contributed by atoms with Crippen LogP contribution in [0.1, 0.15) is 5.56 Å². The standard InChI is InChI=1S/C9H6N4S/c10-1-6-4-14-5-7(6)8-2-13-9(11)3-12-8/h2-5H,(H2,11,13). The average molecular weight is 202 g/mol. The smallest absolute Gasteiger partial charge is 0.141 e. The second kappa shape index (κ2) is 3.44. The molecule has 0 aliphatic rings. The Morgan fingerprint density at radius 1 is 1.29 bits per heavy atom. The van der Waals surface area contributed by atoms with Crippen molar-refractivity contribution in [2.45, 2.75) is 0 Å². The Balaban J connectivity index is 2.50. The normalized spacial score (nSPS) is 9.64. The van der Waals surface area contributed by atoms with Crippen molar-refractivity contribution < 1.29 is 0 Å². The van der Waals surface area contributed by atoms with Gasteiger partial charge in [-0.1, -0.05) is 0 Å². The van der Waals surface area contributed by atoms with Crippen LogP contribution in [0.2, 0.25) is 0 Å². The zero-order valence-corrected chi connectivity index (χ0v) is 7.95. The molecule has 2 aromatic rings. The molecular weight excluding hydrogens is 196 g/mol. The number of nitrogens with zero attached hydrogens (tertiary/aromatic N) is 3. The molecule has 0 saturated heterocycles. The van der Waals surface area contributed by atoms with E-state index in [9.17, 15) is 0 Å². The van der Waals surface area contributed by atoms with Crippen LogP contribution >= 0.6 is 11.3 Å². The molecule has 2 aromatic heterocycles. The Morgan fingerprint density at radius 2 is 2.14 bits per heavy atom. The van der Waals surface area contributed by atoms with E-state index in [-0.39, 0.29) is 0 Å². The molecule has 5 heteroatoms. The number of hydrogen-bond donors (Lipinski definition) is 1. The molecule has 0 atom stereocenters. The van der Waals surface area contributed by atoms with Crippen molar-refractivity contribution >= 4 is 17.2 Å². The Hall–Kier alpha value is -1.93. The second-order valence-electron chi connectivity index (χ2n) is 2.64. The van der Waals surface area contributed by atoms with Crippen LogP contribution in [0, 0.1) is 11.3 Å². The summed E-state index contributed by atoms with van der Waals surface area (Å²) in [5.74, 6) is 0.377. The fourth-order valence-corrected chi connectivity index (χ4v) is 1.83. The van der Waals surface area contributed by atoms with Gasteiger partial charge in [0.25, 0.3) is 0 Å². The van der Waals surface area contributed by atoms with E-state index in [2.05, 4.69) is 16.0 Å². The van der Waals surface area contributed by atoms with Crippen LogP contribution in [-0.2, 0) is 0 Å². The van der Waals surface area contributed by atoms with Crippen molar-refractivity contribution in [2.75, 3.05) is 5.73 Å². The first-order valence-electron chi connectivity index (χ1n) is 3.85. The molecule has 0 bridgehead atoms. The molecule has 2 rings (SSSR count). The van der Waals surface area contributed by atoms with E-state index in [4.69, 9.17) is 11.0 Å². The summed E-state index contributed by atoms with van der Waals surface area (Å²) in [7, 11) is 0. The van der Waals surface area contributed by atoms with Gasteiger partial charge in [0.1, 0.15) is 11.9 Å². The second-order valence-corrected chi connectivity index (χ2v) is 3.38. The van der Waals surface area contributed by atoms with Gasteiger partial charge in [0.2, 0.25) is 0 Å². The summed E-state index contributed by atoms with van der Waals surface area (Å²) in [5, 5.41) is 12.5. The zero-order chi connectivity index (χ0) is 9.97. The summed E-state index contributed by atoms with van der Waals surface area (Å²) in [6, 6.07) is 2.10. The number of thiophene rings is 1. The summed E-state index contributed by atoms with van der Waals surface area (Å²) >= 11 is 1.47. The van der Waals surface area contributed by atoms with Gasteiger partial charge < -0.3 is 5.73 Å². The first-order valence-corrected chi connectivity index (χ1v) is 4.79. The van der Waals surface area contributed by atoms with E-state index in [0.29, 0.717) is 17.1 Å². The number of rotatable bonds is 1. The van der Waals surface area contributed by atoms with Crippen molar-refractivity contribution in [3.63, 3.8) is 0 Å². The van der Waals surface area contributed by atoms with E-state index in [0.717, 1.165) is 5.56 Å². The maximum atomic E-state index is 8.81. The molecule has 0 unspecified atom stereocenters. The molecule has 0 radical (unpaired) electrons. The van der Waals surface area contributed by atoms with Gasteiger partial charge in [-0.15, -0.1) is 0 Å². The predicted octanol–water partition coefficient (Wildman–Crippen LogP) is 1.66. The monoisotopic (exact) mass is 202 g/mol. The van der Waals surface area contributed by atoms with Crippen molar-refractivity contribution in [3.05, 3.63) is 28.7 Å². The van der Waals surface area contributed by atoms with Gasteiger partial charge in [0, 0.05) is 16.3 Å². The first-order chi connectivity index (χ1) is 6.81. The van der Waals surface area contributed by atoms with E-state index < -0.39 is 0 Å². The third kappa shape index (κ3) is 1.43. The molecule has 4 nitrogen and oxygen atoms in total. The lowest BCUT2D eigenvalue weighted by Crippen LogP contribution is -1.92. The largest absolute Gasteiger partial charge is 0.382 e. The quantitative estimate of drug-likeness (QED) is 0.763. The molecule has 0 aromatic carbocycles. The fraction of sp³-hybridized carbons (Fsp3) is 0. The summed E-state index contributed by atoms with van der Waals surface area (Å²) < 4.78 is 0. The summed E-state index contributed by atoms with van der Waals surface area (Å²) in [6.45, 7) is 0. The molecule has 0 amide bonds. The lowest BCUT2D eigenvalue weighted by molar-refractivity contribution is 1.22. The highest BCUT2D eigenvalue weighted by atomic mass is 32.1. The van der Waals surface area contributed by atoms with Crippen LogP contribution < -0.4 is 5.73 Å². The topological polar surface area (TPSA) is 75.6 Å². The van der Waals surface area contributed by atoms with E-state index in [1.54, 1.807) is 11.6 Å². The van der Waals surface area contributed by atoms with Crippen LogP contribution in [0.5, 0.6) is 0 Å². The Morgan fingerprint density at radius 3 is 2.79 bits per heavy atom. The first kappa shape index (κ1) is 8.66. The Labute approximate surface area is 84.7 Å². The summed E-state index contributed by atoms with van der Waals surface area (Å²) in [4.78, 5) is 8.02. The van der Waals surface area contributed by atoms with Gasteiger partial charge in [0.15, 0.2) is 0 Å². The van der Waals surface area contributed by atoms with Gasteiger partial charge in [-0.05, 0) is 0 Å². The van der Waals surface area contributed by atoms with Gasteiger partial charge >= 0.3 is 0 Å². The third-order valence-electron chi connectivity index (χ3n) is 1.73. The highest BCUT2D eigenvalue weighted by molar-refractivity contribution is 7.08. The number of anilines is 1. The zero-order valence-electron chi connectivity index (χ0n) is 7.14. The molecule has 14 heavy (non-hydrogen) atoms. The van der Waals surface area contributed by atoms with Gasteiger partial charge in [0.05, 0.1) is 23.7 Å². The van der Waals surface area contributed by atoms with Crippen LogP contribution in [0.15, 0.2) is 23.2 Å². The molecule has 0 saturated carbocycles. The number of nitrogens with two attached hydrogens (primary N) is 1. The van der Waals surface area contributed by atoms with E-state index in [1.165, 1.54) is 17.5 Å². The van der Waals surface area contributed by atoms with Crippen molar-refractivity contribution in [3.8, 4) is 17.3 Å². The Kier molecular flexibility index (Phi) is 2.13. The molecule has 2 heterocycles. The van der Waals surface area contributed by atoms with E-state index in [1.807, 2.05) is 5.38 Å². The third-order valence-corrected chi connectivity index (χ3v) is 2.47. The molecule has 0 aliphatic heterocycles. The van der Waals surface area contributed by atoms with Crippen LogP contribution in [0.4, 0.5) is 5.82 Å². The molecule has 2 N–H and O–H groups in total. The molecule has 0 aliphatic carbocycles. The minimum absolute atomic E-state index is 0.377. The minimum atomic E-state index is 0.377. The fourth-order valence-electron chi connectivity index (χ4n) is 1.06. The predicted molar refractivity (Wildman–Crippen MR) is 54.5 cm³/mol. The summed E-state index contributed by atoms with van der Waals surface area (Å²) in [5.41, 5.74) is 7.52. The number of nitrogen functional groups attached to an aromatic ring is 1. The molecule has 0 spiro atoms. The minimum Gasteiger partial charge on any atom is -0.382 e. The number of nitriles is 1. The van der Waals surface area contributed by atoms with Crippen LogP contribution in [-0.4, -0.2) is 9.97 Å². The van der Waals surface area contributed by atoms with Crippen molar-refractivity contribution in [2.24, 2.45) is 0 Å². The van der Waals surface area contributed by atoms with Gasteiger partial charge in [-0.3, -0.25) is 4.98 Å². The molecule has 0 fully saturated rings. The highest BCUT2D eigenvalue weighted by Crippen LogP contribution is 2.24. The van der Waals surface area contributed by atoms with Crippen LogP contribution in [0.3, 0.4) is 0 Å². The van der Waals surface area contributed by atoms with Crippen molar-refractivity contribution in [1.29, 1.82) is 5.26 Å². The van der Waals surface area contributed by atoms with Crippen molar-refractivity contribution in [1.82, 2.24) is 9.97 Å². The van der Waals surface area contributed by atoms with E-state index >= 15 is 0 Å². The number of aromatic nitrogens is 2. The lowest BCUT2D eigenvalue weighted by atomic mass is 10.1. The maximum absolute atomic E-state index is 8.81. The Bertz CT molecular complexity index is 480. The van der Waals surface area contributed by atoms with Gasteiger partial charge in [-0.25, -0.2) is 4.98 Å². The SMILES string of the molecule is N#Cc1cscc1-c1cnc(N)cn1. The number of hydrogen-bond acceptors (Lipinski definition) is 5. The molecular formula is C9H6N4S. The summed E-state index contributed by atoms with van der Waals surface area (Å²) in [6.07, 6.45) is 3.05. The van der Waals surface area contributed by atoms with Crippen LogP contribution in [0.25, 0.3) is 11.3 Å². The highest BCUT2D eigenvalue weighted by Gasteiger charge is 2.06. The van der Waals surface area contributed by atoms with Gasteiger partial charge in [-0.2, -0.15) is 16.6 Å².